The molecule has 1 aliphatic rings. The van der Waals surface area contributed by atoms with Crippen LogP contribution in [0.4, 0.5) is 21.5 Å². The summed E-state index contributed by atoms with van der Waals surface area (Å²) < 4.78 is 21.3. The van der Waals surface area contributed by atoms with Crippen LogP contribution in [0.2, 0.25) is 0 Å². The minimum absolute atomic E-state index is 0. The molecule has 7 aromatic carbocycles. The van der Waals surface area contributed by atoms with Gasteiger partial charge in [-0.15, -0.1) is 35.4 Å². The van der Waals surface area contributed by atoms with Crippen LogP contribution in [0.15, 0.2) is 152 Å². The Bertz CT molecular complexity index is 3120. The number of hydrogen-bond donors (Lipinski definition) is 0. The van der Waals surface area contributed by atoms with Gasteiger partial charge in [-0.25, -0.2) is 4.39 Å². The van der Waals surface area contributed by atoms with Crippen LogP contribution in [-0.2, 0) is 26.5 Å². The van der Waals surface area contributed by atoms with Crippen molar-refractivity contribution in [1.29, 1.82) is 0 Å². The summed E-state index contributed by atoms with van der Waals surface area (Å²) in [6.45, 7) is 4.57. The molecule has 0 bridgehead atoms. The Kier molecular flexibility index (Phi) is 7.63. The van der Waals surface area contributed by atoms with Crippen LogP contribution in [0, 0.1) is 18.2 Å². The fourth-order valence-corrected chi connectivity index (χ4v) is 8.75. The molecule has 0 spiro atoms. The molecule has 0 aliphatic carbocycles. The van der Waals surface area contributed by atoms with E-state index in [4.69, 9.17) is 0 Å². The largest absolute Gasteiger partial charge is 0.358 e. The minimum Gasteiger partial charge on any atom is -0.358 e. The molecule has 11 rings (SSSR count). The standard InChI is InChI=1S/C49H32FN4.Pt/c1-49(2)40-19-8-11-22-44(40)54(46-30-45-38(29-41(46)49)37-18-7-10-21-43(37)53(45)33-14-4-3-5-15-33)34-16-12-13-31(27-34)47(50)32-23-24-35-36-17-6-9-20-42(36)52-26-25-51-48(52)39(35)28-32;/h3-21,23-26,29-30,47H,1-2H3;/q-3;. The molecule has 4 heterocycles. The number of halogens is 1. The van der Waals surface area contributed by atoms with Gasteiger partial charge < -0.3 is 13.9 Å². The molecular formula is C49H32FN4Pt-3. The number of para-hydroxylation sites is 4. The van der Waals surface area contributed by atoms with E-state index in [-0.39, 0.29) is 26.5 Å². The van der Waals surface area contributed by atoms with Crippen molar-refractivity contribution in [2.24, 2.45) is 0 Å². The Morgan fingerprint density at radius 3 is 2.24 bits per heavy atom. The van der Waals surface area contributed by atoms with E-state index in [1.54, 1.807) is 6.20 Å². The zero-order valence-electron chi connectivity index (χ0n) is 30.0. The first kappa shape index (κ1) is 33.5. The average Bonchev–Trinajstić information content (AvgIpc) is 3.84. The first-order chi connectivity index (χ1) is 26.5. The van der Waals surface area contributed by atoms with Crippen molar-refractivity contribution in [2.45, 2.75) is 25.4 Å². The second kappa shape index (κ2) is 12.5. The maximum Gasteiger partial charge on any atom is 0.111 e. The van der Waals surface area contributed by atoms with Crippen molar-refractivity contribution in [3.05, 3.63) is 192 Å². The average molecular weight is 891 g/mol. The topological polar surface area (TPSA) is 25.5 Å². The molecule has 55 heavy (non-hydrogen) atoms. The second-order valence-corrected chi connectivity index (χ2v) is 14.7. The van der Waals surface area contributed by atoms with Crippen LogP contribution in [0.5, 0.6) is 0 Å². The molecule has 0 saturated carbocycles. The molecule has 268 valence electrons. The van der Waals surface area contributed by atoms with Gasteiger partial charge >= 0.3 is 0 Å². The summed E-state index contributed by atoms with van der Waals surface area (Å²) in [6.07, 6.45) is 2.27. The first-order valence-corrected chi connectivity index (χ1v) is 18.3. The number of benzene rings is 7. The predicted octanol–water partition coefficient (Wildman–Crippen LogP) is 12.3. The van der Waals surface area contributed by atoms with Crippen molar-refractivity contribution in [2.75, 3.05) is 4.90 Å². The maximum absolute atomic E-state index is 16.9. The molecule has 0 amide bonds. The van der Waals surface area contributed by atoms with Crippen LogP contribution in [0.25, 0.3) is 54.8 Å². The van der Waals surface area contributed by atoms with E-state index >= 15 is 4.39 Å². The zero-order valence-corrected chi connectivity index (χ0v) is 32.3. The summed E-state index contributed by atoms with van der Waals surface area (Å²) in [6, 6.07) is 58.4. The van der Waals surface area contributed by atoms with Crippen LogP contribution in [0.1, 0.15) is 42.3 Å². The summed E-state index contributed by atoms with van der Waals surface area (Å²) in [5, 5.41) is 5.26. The quantitative estimate of drug-likeness (QED) is 0.130. The van der Waals surface area contributed by atoms with Gasteiger partial charge in [0.15, 0.2) is 0 Å². The Hall–Kier alpha value is -6.03. The number of alkyl halides is 1. The molecule has 3 aromatic heterocycles. The number of hydrogen-bond acceptors (Lipinski definition) is 2. The first-order valence-electron chi connectivity index (χ1n) is 18.3. The molecule has 1 unspecified atom stereocenters. The number of pyridine rings is 1. The van der Waals surface area contributed by atoms with Gasteiger partial charge in [0.25, 0.3) is 0 Å². The van der Waals surface area contributed by atoms with Crippen molar-refractivity contribution in [3.63, 3.8) is 0 Å². The van der Waals surface area contributed by atoms with Gasteiger partial charge in [-0.3, -0.25) is 4.98 Å². The van der Waals surface area contributed by atoms with Gasteiger partial charge in [-0.2, -0.15) is 42.5 Å². The number of aromatic nitrogens is 3. The Morgan fingerprint density at radius 1 is 0.655 bits per heavy atom. The Morgan fingerprint density at radius 2 is 1.40 bits per heavy atom. The zero-order chi connectivity index (χ0) is 36.1. The van der Waals surface area contributed by atoms with Gasteiger partial charge in [0.2, 0.25) is 0 Å². The molecule has 0 N–H and O–H groups in total. The third-order valence-electron chi connectivity index (χ3n) is 11.3. The van der Waals surface area contributed by atoms with E-state index < -0.39 is 6.17 Å². The molecule has 1 aliphatic heterocycles. The summed E-state index contributed by atoms with van der Waals surface area (Å²) in [5.41, 5.74) is 10.8. The smallest absolute Gasteiger partial charge is 0.111 e. The third kappa shape index (κ3) is 4.89. The molecule has 0 radical (unpaired) electrons. The van der Waals surface area contributed by atoms with E-state index in [0.29, 0.717) is 11.1 Å². The third-order valence-corrected chi connectivity index (χ3v) is 11.3. The number of fused-ring (bicyclic) bond motifs is 11. The molecule has 10 aromatic rings. The summed E-state index contributed by atoms with van der Waals surface area (Å²) >= 11 is 0. The van der Waals surface area contributed by atoms with Gasteiger partial charge in [0.05, 0.1) is 16.7 Å². The SMILES string of the molecule is CC1(C)c2ccc[c-]c2N(c2[c-]c(C(F)c3[c-]c4c(cc3)c3ccccc3n3ccnc43)ccc2)c2cc3c(cc21)c1ccccc1n3-c1ccccc1.[Pt]. The van der Waals surface area contributed by atoms with Gasteiger partial charge in [0, 0.05) is 61.1 Å². The molecule has 6 heteroatoms. The fraction of sp³-hybridized carbons (Fsp3) is 0.0816. The monoisotopic (exact) mass is 890 g/mol. The normalized spacial score (nSPS) is 14.0. The molecule has 0 fully saturated rings. The van der Waals surface area contributed by atoms with Gasteiger partial charge in [-0.1, -0.05) is 96.2 Å². The number of nitrogens with zero attached hydrogens (tertiary/aromatic N) is 4. The van der Waals surface area contributed by atoms with E-state index in [2.05, 4.69) is 136 Å². The molecule has 1 atom stereocenters. The summed E-state index contributed by atoms with van der Waals surface area (Å²) in [4.78, 5) is 6.86. The minimum atomic E-state index is -1.46. The van der Waals surface area contributed by atoms with Crippen molar-refractivity contribution >= 4 is 66.2 Å². The number of imidazole rings is 1. The summed E-state index contributed by atoms with van der Waals surface area (Å²) in [5.74, 6) is 0. The maximum atomic E-state index is 16.9. The molecular weight excluding hydrogens is 859 g/mol. The van der Waals surface area contributed by atoms with E-state index in [1.807, 2.05) is 60.8 Å². The van der Waals surface area contributed by atoms with E-state index in [0.717, 1.165) is 66.7 Å². The Balaban J connectivity index is 0.00000372. The Labute approximate surface area is 332 Å². The van der Waals surface area contributed by atoms with Crippen LogP contribution >= 0.6 is 0 Å². The summed E-state index contributed by atoms with van der Waals surface area (Å²) in [7, 11) is 0. The van der Waals surface area contributed by atoms with Crippen molar-refractivity contribution in [1.82, 2.24) is 14.0 Å². The second-order valence-electron chi connectivity index (χ2n) is 14.7. The molecule has 4 nitrogen and oxygen atoms in total. The van der Waals surface area contributed by atoms with Crippen LogP contribution in [-0.4, -0.2) is 14.0 Å². The fourth-order valence-electron chi connectivity index (χ4n) is 8.75. The van der Waals surface area contributed by atoms with E-state index in [9.17, 15) is 0 Å². The van der Waals surface area contributed by atoms with Crippen molar-refractivity contribution < 1.29 is 25.5 Å². The van der Waals surface area contributed by atoms with Gasteiger partial charge in [0.1, 0.15) is 6.17 Å². The predicted molar refractivity (Wildman–Crippen MR) is 217 cm³/mol. The van der Waals surface area contributed by atoms with Crippen LogP contribution in [0.3, 0.4) is 0 Å². The van der Waals surface area contributed by atoms with E-state index in [1.165, 1.54) is 16.3 Å². The van der Waals surface area contributed by atoms with Gasteiger partial charge in [-0.05, 0) is 52.8 Å². The number of rotatable bonds is 4. The number of anilines is 3. The molecule has 0 saturated heterocycles. The van der Waals surface area contributed by atoms with Crippen LogP contribution < -0.4 is 4.90 Å². The van der Waals surface area contributed by atoms with Crippen molar-refractivity contribution in [3.8, 4) is 5.69 Å².